The lowest BCUT2D eigenvalue weighted by Gasteiger charge is -2.72. The summed E-state index contributed by atoms with van der Waals surface area (Å²) in [4.78, 5) is 54.9. The zero-order valence-corrected chi connectivity index (χ0v) is 30.6. The summed E-state index contributed by atoms with van der Waals surface area (Å²) in [5.74, 6) is -5.21. The van der Waals surface area contributed by atoms with Crippen LogP contribution in [0.3, 0.4) is 0 Å². The number of Topliss-reactive ketones (excluding diaryl/α,β-unsaturated/α-hetero) is 2. The van der Waals surface area contributed by atoms with Crippen molar-refractivity contribution in [3.05, 3.63) is 46.3 Å². The maximum absolute atomic E-state index is 14.2. The largest absolute Gasteiger partial charge is 0.493 e. The van der Waals surface area contributed by atoms with Gasteiger partial charge in [-0.3, -0.25) is 19.2 Å². The average molecular weight is 743 g/mol. The van der Waals surface area contributed by atoms with Gasteiger partial charge in [-0.25, -0.2) is 0 Å². The van der Waals surface area contributed by atoms with Crippen molar-refractivity contribution < 1.29 is 48.3 Å². The maximum atomic E-state index is 14.2. The summed E-state index contributed by atoms with van der Waals surface area (Å²) in [5.41, 5.74) is -2.24. The Balaban J connectivity index is 0.929. The normalized spacial score (nSPS) is 35.0. The van der Waals surface area contributed by atoms with Crippen molar-refractivity contribution >= 4 is 56.4 Å². The number of rotatable bonds is 11. The van der Waals surface area contributed by atoms with Crippen LogP contribution in [-0.2, 0) is 33.4 Å². The minimum atomic E-state index is -2.35. The third kappa shape index (κ3) is 5.29. The fourth-order valence-corrected chi connectivity index (χ4v) is 12.3. The highest BCUT2D eigenvalue weighted by Crippen LogP contribution is 2.76. The zero-order valence-electron chi connectivity index (χ0n) is 28.1. The van der Waals surface area contributed by atoms with Gasteiger partial charge in [0.15, 0.2) is 5.78 Å². The molecule has 1 aromatic carbocycles. The molecule has 2 aliphatic heterocycles. The molecule has 8 rings (SSSR count). The van der Waals surface area contributed by atoms with Crippen LogP contribution in [0.2, 0.25) is 0 Å². The van der Waals surface area contributed by atoms with Crippen molar-refractivity contribution in [3.8, 4) is 16.2 Å². The standard InChI is InChI=1S/C37H42O10S3/c1-20-23-12-13-25-35-19-46-37(43,32(42)30(35)34(2,3)15-14-26(35)38)36(25,31(20)41)33(23)47-28(40)7-4-6-27(39)45-17-5-16-44-22-10-8-21(9-11-22)24-18-29(48)50-49-24/h8-11,18,23,25,30,32-33,42-43H,1,4-7,12-17,19H2,2-3H3/t23-,25-,30+,32-,33+,35+,36-,37-/m0/s1. The topological polar surface area (TPSA) is 146 Å². The molecule has 0 amide bonds. The molecule has 2 aromatic rings. The SMILES string of the molecule is C=C1C(=O)[C@]23[C@H](OC(=O)CCCC(=O)OCCCOc4ccc(-c5cc(=S)ss5)cc4)[C@H]1CC[C@H]2[C@@]12CO[C@@]3(O)[C@@H](O)[C@@H]1C(C)(C)CCC2=O. The van der Waals surface area contributed by atoms with E-state index in [0.29, 0.717) is 38.0 Å². The van der Waals surface area contributed by atoms with Gasteiger partial charge in [0.25, 0.3) is 0 Å². The molecule has 10 nitrogen and oxygen atoms in total. The molecule has 268 valence electrons. The van der Waals surface area contributed by atoms with E-state index in [4.69, 9.17) is 31.2 Å². The van der Waals surface area contributed by atoms with E-state index < -0.39 is 69.7 Å². The molecule has 0 unspecified atom stereocenters. The molecule has 0 radical (unpaired) electrons. The fourth-order valence-electron chi connectivity index (χ4n) is 9.94. The summed E-state index contributed by atoms with van der Waals surface area (Å²) in [7, 11) is 3.20. The molecule has 2 N–H and O–H groups in total. The van der Waals surface area contributed by atoms with Crippen LogP contribution in [0.15, 0.2) is 42.5 Å². The Labute approximate surface area is 303 Å². The van der Waals surface area contributed by atoms with Gasteiger partial charge in [0, 0.05) is 42.4 Å². The first-order valence-electron chi connectivity index (χ1n) is 17.3. The molecule has 2 spiro atoms. The number of hydrogen-bond donors (Lipinski definition) is 2. The van der Waals surface area contributed by atoms with Gasteiger partial charge in [0.2, 0.25) is 5.79 Å². The minimum Gasteiger partial charge on any atom is -0.493 e. The molecule has 6 fully saturated rings. The van der Waals surface area contributed by atoms with Gasteiger partial charge in [-0.15, -0.1) is 0 Å². The van der Waals surface area contributed by atoms with Gasteiger partial charge in [-0.2, -0.15) is 0 Å². The van der Waals surface area contributed by atoms with Crippen molar-refractivity contribution in [2.45, 2.75) is 83.2 Å². The minimum absolute atomic E-state index is 0.0132. The Morgan fingerprint density at radius 1 is 1.06 bits per heavy atom. The quantitative estimate of drug-likeness (QED) is 0.0942. The third-order valence-corrected chi connectivity index (χ3v) is 15.0. The Morgan fingerprint density at radius 2 is 1.80 bits per heavy atom. The van der Waals surface area contributed by atoms with E-state index in [2.05, 4.69) is 6.58 Å². The molecule has 1 aromatic heterocycles. The molecule has 3 heterocycles. The summed E-state index contributed by atoms with van der Waals surface area (Å²) in [6, 6.07) is 9.71. The van der Waals surface area contributed by atoms with E-state index in [1.54, 1.807) is 20.7 Å². The second-order valence-electron chi connectivity index (χ2n) is 15.0. The van der Waals surface area contributed by atoms with Gasteiger partial charge in [0.1, 0.15) is 33.0 Å². The van der Waals surface area contributed by atoms with Gasteiger partial charge >= 0.3 is 11.9 Å². The van der Waals surface area contributed by atoms with Crippen LogP contribution < -0.4 is 4.74 Å². The summed E-state index contributed by atoms with van der Waals surface area (Å²) in [5, 5.41) is 24.1. The zero-order chi connectivity index (χ0) is 35.6. The first-order chi connectivity index (χ1) is 23.8. The number of aliphatic hydroxyl groups is 2. The summed E-state index contributed by atoms with van der Waals surface area (Å²) >= 11 is 5.20. The number of fused-ring (bicyclic) bond motifs is 2. The number of aliphatic hydroxyl groups excluding tert-OH is 1. The number of carbonyl (C=O) groups is 4. The Morgan fingerprint density at radius 3 is 2.52 bits per heavy atom. The van der Waals surface area contributed by atoms with Crippen LogP contribution in [0, 0.1) is 37.8 Å². The number of hydrogen-bond acceptors (Lipinski definition) is 13. The lowest BCUT2D eigenvalue weighted by atomic mass is 9.36. The highest BCUT2D eigenvalue weighted by molar-refractivity contribution is 7.80. The van der Waals surface area contributed by atoms with Crippen LogP contribution in [0.1, 0.15) is 65.2 Å². The van der Waals surface area contributed by atoms with Crippen molar-refractivity contribution in [2.75, 3.05) is 19.8 Å². The van der Waals surface area contributed by atoms with E-state index in [0.717, 1.165) is 14.3 Å². The summed E-state index contributed by atoms with van der Waals surface area (Å²) in [6.07, 6.45) is -0.464. The van der Waals surface area contributed by atoms with Crippen molar-refractivity contribution in [3.63, 3.8) is 0 Å². The van der Waals surface area contributed by atoms with Crippen LogP contribution in [0.25, 0.3) is 10.4 Å². The van der Waals surface area contributed by atoms with Crippen LogP contribution in [0.5, 0.6) is 5.75 Å². The number of ketones is 2. The van der Waals surface area contributed by atoms with Gasteiger partial charge in [-0.1, -0.05) is 53.3 Å². The molecule has 13 heteroatoms. The summed E-state index contributed by atoms with van der Waals surface area (Å²) < 4.78 is 24.0. The predicted molar refractivity (Wildman–Crippen MR) is 187 cm³/mol. The number of ether oxygens (including phenoxy) is 4. The Kier molecular flexibility index (Phi) is 9.25. The molecule has 2 saturated heterocycles. The van der Waals surface area contributed by atoms with Gasteiger partial charge < -0.3 is 29.2 Å². The molecule has 4 aliphatic carbocycles. The molecular weight excluding hydrogens is 701 g/mol. The molecular formula is C37H42O10S3. The summed E-state index contributed by atoms with van der Waals surface area (Å²) in [6.45, 7) is 8.41. The van der Waals surface area contributed by atoms with E-state index in [9.17, 15) is 29.4 Å². The van der Waals surface area contributed by atoms with Crippen molar-refractivity contribution in [1.29, 1.82) is 0 Å². The highest BCUT2D eigenvalue weighted by atomic mass is 32.9. The first kappa shape index (κ1) is 35.6. The molecule has 4 saturated carbocycles. The lowest BCUT2D eigenvalue weighted by molar-refractivity contribution is -0.437. The third-order valence-electron chi connectivity index (χ3n) is 12.1. The monoisotopic (exact) mass is 742 g/mol. The van der Waals surface area contributed by atoms with Crippen molar-refractivity contribution in [1.82, 2.24) is 0 Å². The van der Waals surface area contributed by atoms with E-state index in [1.165, 1.54) is 0 Å². The Hall–Kier alpha value is -2.81. The van der Waals surface area contributed by atoms with Crippen LogP contribution >= 0.6 is 32.9 Å². The average Bonchev–Trinajstić information content (AvgIpc) is 3.56. The van der Waals surface area contributed by atoms with E-state index >= 15 is 0 Å². The van der Waals surface area contributed by atoms with Crippen LogP contribution in [-0.4, -0.2) is 71.5 Å². The van der Waals surface area contributed by atoms with Crippen LogP contribution in [0.4, 0.5) is 0 Å². The second kappa shape index (κ2) is 13.0. The van der Waals surface area contributed by atoms with Gasteiger partial charge in [-0.05, 0) is 78.5 Å². The molecule has 8 atom stereocenters. The highest BCUT2D eigenvalue weighted by Gasteiger charge is 2.88. The molecule has 50 heavy (non-hydrogen) atoms. The number of benzene rings is 1. The van der Waals surface area contributed by atoms with E-state index in [1.807, 2.05) is 44.2 Å². The number of esters is 2. The lowest BCUT2D eigenvalue weighted by Crippen LogP contribution is -2.85. The number of carbonyl (C=O) groups excluding carboxylic acids is 4. The second-order valence-corrected chi connectivity index (χ2v) is 17.9. The fraction of sp³-hybridized carbons (Fsp3) is 0.595. The van der Waals surface area contributed by atoms with Crippen molar-refractivity contribution in [2.24, 2.45) is 34.0 Å². The first-order valence-corrected chi connectivity index (χ1v) is 19.8. The Bertz CT molecular complexity index is 1780. The van der Waals surface area contributed by atoms with Gasteiger partial charge in [0.05, 0.1) is 25.2 Å². The smallest absolute Gasteiger partial charge is 0.306 e. The predicted octanol–water partition coefficient (Wildman–Crippen LogP) is 5.84. The van der Waals surface area contributed by atoms with E-state index in [-0.39, 0.29) is 50.3 Å². The molecule has 4 bridgehead atoms. The molecule has 6 aliphatic rings. The maximum Gasteiger partial charge on any atom is 0.306 e.